The van der Waals surface area contributed by atoms with Crippen molar-refractivity contribution in [3.05, 3.63) is 34.3 Å². The van der Waals surface area contributed by atoms with Crippen molar-refractivity contribution in [2.45, 2.75) is 31.9 Å². The number of benzene rings is 1. The third-order valence-corrected chi connectivity index (χ3v) is 3.96. The standard InChI is InChI=1S/C15H21BrN2O2/c1-2-14(11-3-5-12(16)6-4-11)18-15(19)9-13-10-17-7-8-20-13/h3-6,13-14,17H,2,7-10H2,1H3,(H,18,19). The van der Waals surface area contributed by atoms with E-state index < -0.39 is 0 Å². The van der Waals surface area contributed by atoms with E-state index in [-0.39, 0.29) is 18.1 Å². The smallest absolute Gasteiger partial charge is 0.223 e. The third-order valence-electron chi connectivity index (χ3n) is 3.43. The Morgan fingerprint density at radius 2 is 2.25 bits per heavy atom. The minimum atomic E-state index is -0.00817. The monoisotopic (exact) mass is 340 g/mol. The topological polar surface area (TPSA) is 50.4 Å². The molecule has 4 nitrogen and oxygen atoms in total. The first-order valence-electron chi connectivity index (χ1n) is 7.06. The lowest BCUT2D eigenvalue weighted by Crippen LogP contribution is -2.41. The zero-order chi connectivity index (χ0) is 14.4. The van der Waals surface area contributed by atoms with Crippen molar-refractivity contribution in [3.63, 3.8) is 0 Å². The Morgan fingerprint density at radius 1 is 1.50 bits per heavy atom. The van der Waals surface area contributed by atoms with Crippen LogP contribution in [-0.4, -0.2) is 31.7 Å². The number of carbonyl (C=O) groups is 1. The van der Waals surface area contributed by atoms with Gasteiger partial charge in [-0.2, -0.15) is 0 Å². The number of rotatable bonds is 5. The average Bonchev–Trinajstić information content (AvgIpc) is 2.47. The van der Waals surface area contributed by atoms with Crippen LogP contribution in [0.2, 0.25) is 0 Å². The van der Waals surface area contributed by atoms with Crippen molar-refractivity contribution in [3.8, 4) is 0 Å². The number of hydrogen-bond donors (Lipinski definition) is 2. The zero-order valence-electron chi connectivity index (χ0n) is 11.7. The van der Waals surface area contributed by atoms with Gasteiger partial charge >= 0.3 is 0 Å². The van der Waals surface area contributed by atoms with Crippen LogP contribution in [0.15, 0.2) is 28.7 Å². The Morgan fingerprint density at radius 3 is 2.85 bits per heavy atom. The number of carbonyl (C=O) groups excluding carboxylic acids is 1. The van der Waals surface area contributed by atoms with Crippen LogP contribution in [0.1, 0.15) is 31.4 Å². The molecule has 0 aliphatic carbocycles. The molecule has 1 amide bonds. The molecular formula is C15H21BrN2O2. The maximum Gasteiger partial charge on any atom is 0.223 e. The molecule has 2 N–H and O–H groups in total. The van der Waals surface area contributed by atoms with Crippen LogP contribution in [0, 0.1) is 0 Å². The third kappa shape index (κ3) is 4.58. The van der Waals surface area contributed by atoms with Gasteiger partial charge in [-0.15, -0.1) is 0 Å². The molecule has 2 unspecified atom stereocenters. The van der Waals surface area contributed by atoms with E-state index in [0.29, 0.717) is 13.0 Å². The van der Waals surface area contributed by atoms with Crippen LogP contribution in [0.4, 0.5) is 0 Å². The summed E-state index contributed by atoms with van der Waals surface area (Å²) in [5, 5.41) is 6.32. The summed E-state index contributed by atoms with van der Waals surface area (Å²) in [4.78, 5) is 12.1. The molecule has 1 aromatic rings. The molecule has 0 aromatic heterocycles. The lowest BCUT2D eigenvalue weighted by molar-refractivity contribution is -0.125. The van der Waals surface area contributed by atoms with Crippen LogP contribution in [-0.2, 0) is 9.53 Å². The Balaban J connectivity index is 1.88. The fourth-order valence-electron chi connectivity index (χ4n) is 2.33. The maximum atomic E-state index is 12.1. The fraction of sp³-hybridized carbons (Fsp3) is 0.533. The van der Waals surface area contributed by atoms with Crippen LogP contribution in [0.25, 0.3) is 0 Å². The summed E-state index contributed by atoms with van der Waals surface area (Å²) in [5.41, 5.74) is 1.13. The predicted octanol–water partition coefficient (Wildman–Crippen LogP) is 2.39. The van der Waals surface area contributed by atoms with Gasteiger partial charge in [0.05, 0.1) is 25.2 Å². The minimum Gasteiger partial charge on any atom is -0.375 e. The predicted molar refractivity (Wildman–Crippen MR) is 82.5 cm³/mol. The summed E-state index contributed by atoms with van der Waals surface area (Å²) < 4.78 is 6.60. The molecule has 0 bridgehead atoms. The minimum absolute atomic E-state index is 0.00817. The van der Waals surface area contributed by atoms with E-state index in [9.17, 15) is 4.79 Å². The zero-order valence-corrected chi connectivity index (χ0v) is 13.3. The molecule has 0 spiro atoms. The summed E-state index contributed by atoms with van der Waals surface area (Å²) >= 11 is 3.42. The summed E-state index contributed by atoms with van der Waals surface area (Å²) in [5.74, 6) is 0.0495. The Labute approximate surface area is 128 Å². The highest BCUT2D eigenvalue weighted by Gasteiger charge is 2.19. The van der Waals surface area contributed by atoms with Crippen LogP contribution < -0.4 is 10.6 Å². The van der Waals surface area contributed by atoms with Crippen LogP contribution in [0.3, 0.4) is 0 Å². The van der Waals surface area contributed by atoms with Gasteiger partial charge in [-0.25, -0.2) is 0 Å². The summed E-state index contributed by atoms with van der Waals surface area (Å²) in [6.45, 7) is 4.38. The molecule has 1 heterocycles. The van der Waals surface area contributed by atoms with Crippen molar-refractivity contribution in [1.29, 1.82) is 0 Å². The molecular weight excluding hydrogens is 320 g/mol. The number of hydrogen-bond acceptors (Lipinski definition) is 3. The van der Waals surface area contributed by atoms with Crippen molar-refractivity contribution in [1.82, 2.24) is 10.6 Å². The number of ether oxygens (including phenoxy) is 1. The van der Waals surface area contributed by atoms with Gasteiger partial charge < -0.3 is 15.4 Å². The second kappa shape index (κ2) is 7.76. The van der Waals surface area contributed by atoms with E-state index in [1.54, 1.807) is 0 Å². The highest BCUT2D eigenvalue weighted by Crippen LogP contribution is 2.19. The van der Waals surface area contributed by atoms with Crippen molar-refractivity contribution in [2.24, 2.45) is 0 Å². The molecule has 5 heteroatoms. The first-order valence-corrected chi connectivity index (χ1v) is 7.85. The first kappa shape index (κ1) is 15.5. The van der Waals surface area contributed by atoms with E-state index in [0.717, 1.165) is 29.5 Å². The molecule has 1 aliphatic rings. The maximum absolute atomic E-state index is 12.1. The second-order valence-electron chi connectivity index (χ2n) is 4.98. The summed E-state index contributed by atoms with van der Waals surface area (Å²) in [6.07, 6.45) is 1.28. The van der Waals surface area contributed by atoms with Crippen LogP contribution in [0.5, 0.6) is 0 Å². The molecule has 2 atom stereocenters. The van der Waals surface area contributed by atoms with Gasteiger partial charge in [0.1, 0.15) is 0 Å². The molecule has 1 aromatic carbocycles. The van der Waals surface area contributed by atoms with E-state index in [4.69, 9.17) is 4.74 Å². The van der Waals surface area contributed by atoms with E-state index in [2.05, 4.69) is 33.5 Å². The van der Waals surface area contributed by atoms with Gasteiger partial charge in [-0.3, -0.25) is 4.79 Å². The normalized spacial score (nSPS) is 20.4. The van der Waals surface area contributed by atoms with Gasteiger partial charge in [0.2, 0.25) is 5.91 Å². The number of halogens is 1. The summed E-state index contributed by atoms with van der Waals surface area (Å²) in [7, 11) is 0. The molecule has 20 heavy (non-hydrogen) atoms. The van der Waals surface area contributed by atoms with Crippen LogP contribution >= 0.6 is 15.9 Å². The summed E-state index contributed by atoms with van der Waals surface area (Å²) in [6, 6.07) is 8.14. The highest BCUT2D eigenvalue weighted by molar-refractivity contribution is 9.10. The second-order valence-corrected chi connectivity index (χ2v) is 5.90. The molecule has 1 fully saturated rings. The average molecular weight is 341 g/mol. The van der Waals surface area contributed by atoms with Crippen molar-refractivity contribution >= 4 is 21.8 Å². The van der Waals surface area contributed by atoms with Crippen molar-refractivity contribution in [2.75, 3.05) is 19.7 Å². The highest BCUT2D eigenvalue weighted by atomic mass is 79.9. The van der Waals surface area contributed by atoms with E-state index in [1.165, 1.54) is 0 Å². The molecule has 1 saturated heterocycles. The SMILES string of the molecule is CCC(NC(=O)CC1CNCCO1)c1ccc(Br)cc1. The van der Waals surface area contributed by atoms with E-state index >= 15 is 0 Å². The molecule has 1 aliphatic heterocycles. The van der Waals surface area contributed by atoms with Gasteiger partial charge in [0, 0.05) is 17.6 Å². The Kier molecular flexibility index (Phi) is 6.01. The molecule has 0 radical (unpaired) electrons. The largest absolute Gasteiger partial charge is 0.375 e. The quantitative estimate of drug-likeness (QED) is 0.865. The molecule has 110 valence electrons. The molecule has 2 rings (SSSR count). The van der Waals surface area contributed by atoms with E-state index in [1.807, 2.05) is 24.3 Å². The van der Waals surface area contributed by atoms with Gasteiger partial charge in [0.15, 0.2) is 0 Å². The molecule has 0 saturated carbocycles. The Hall–Kier alpha value is -0.910. The van der Waals surface area contributed by atoms with Gasteiger partial charge in [-0.05, 0) is 24.1 Å². The lowest BCUT2D eigenvalue weighted by atomic mass is 10.0. The fourth-order valence-corrected chi connectivity index (χ4v) is 2.59. The number of morpholine rings is 1. The van der Waals surface area contributed by atoms with Gasteiger partial charge in [0.25, 0.3) is 0 Å². The first-order chi connectivity index (χ1) is 9.69. The Bertz CT molecular complexity index is 430. The lowest BCUT2D eigenvalue weighted by Gasteiger charge is -2.24. The van der Waals surface area contributed by atoms with Gasteiger partial charge in [-0.1, -0.05) is 35.0 Å². The van der Waals surface area contributed by atoms with Crippen molar-refractivity contribution < 1.29 is 9.53 Å². The number of nitrogens with one attached hydrogen (secondary N) is 2. The number of amides is 1.